The number of carbonyl (C=O) groups is 1. The van der Waals surface area contributed by atoms with Gasteiger partial charge >= 0.3 is 0 Å². The van der Waals surface area contributed by atoms with E-state index >= 15 is 0 Å². The molecule has 3 aromatic rings. The summed E-state index contributed by atoms with van der Waals surface area (Å²) in [6.07, 6.45) is 0. The Labute approximate surface area is 150 Å². The maximum Gasteiger partial charge on any atom is 0.257 e. The van der Waals surface area contributed by atoms with Gasteiger partial charge in [0.2, 0.25) is 0 Å². The minimum absolute atomic E-state index is 0.265. The molecule has 0 aliphatic rings. The number of carbonyl (C=O) groups excluding carboxylic acids is 1. The van der Waals surface area contributed by atoms with Crippen molar-refractivity contribution >= 4 is 67.4 Å². The summed E-state index contributed by atoms with van der Waals surface area (Å²) in [5, 5.41) is 4.34. The van der Waals surface area contributed by atoms with Crippen LogP contribution in [0.5, 0.6) is 5.75 Å². The van der Waals surface area contributed by atoms with E-state index in [1.165, 1.54) is 30.6 Å². The van der Waals surface area contributed by atoms with Crippen LogP contribution in [0.15, 0.2) is 30.3 Å². The molecule has 1 aromatic heterocycles. The molecule has 0 saturated carbocycles. The second kappa shape index (κ2) is 6.53. The van der Waals surface area contributed by atoms with Gasteiger partial charge in [-0.3, -0.25) is 10.1 Å². The predicted molar refractivity (Wildman–Crippen MR) is 95.6 cm³/mol. The topological polar surface area (TPSA) is 51.2 Å². The Balaban J connectivity index is 1.88. The van der Waals surface area contributed by atoms with E-state index in [2.05, 4.69) is 10.3 Å². The SMILES string of the molecule is COc1c(Cl)cc(C(=O)Nc2nc3ccc(Cl)cc3s2)cc1Cl. The van der Waals surface area contributed by atoms with Crippen molar-refractivity contribution in [3.05, 3.63) is 51.0 Å². The fraction of sp³-hybridized carbons (Fsp3) is 0.0667. The quantitative estimate of drug-likeness (QED) is 0.644. The minimum atomic E-state index is -0.360. The molecule has 2 aromatic carbocycles. The average molecular weight is 388 g/mol. The Morgan fingerprint density at radius 1 is 1.17 bits per heavy atom. The van der Waals surface area contributed by atoms with E-state index in [1.807, 2.05) is 0 Å². The van der Waals surface area contributed by atoms with Crippen LogP contribution >= 0.6 is 46.1 Å². The number of benzene rings is 2. The number of nitrogens with zero attached hydrogens (tertiary/aromatic N) is 1. The third kappa shape index (κ3) is 3.38. The molecule has 0 saturated heterocycles. The first-order chi connectivity index (χ1) is 11.0. The zero-order valence-electron chi connectivity index (χ0n) is 11.7. The third-order valence-electron chi connectivity index (χ3n) is 3.04. The van der Waals surface area contributed by atoms with E-state index in [-0.39, 0.29) is 16.0 Å². The molecule has 0 atom stereocenters. The molecule has 1 heterocycles. The van der Waals surface area contributed by atoms with E-state index in [1.54, 1.807) is 18.2 Å². The molecule has 0 unspecified atom stereocenters. The Kier molecular flexibility index (Phi) is 4.64. The first-order valence-electron chi connectivity index (χ1n) is 6.38. The summed E-state index contributed by atoms with van der Waals surface area (Å²) in [5.74, 6) is -0.0267. The Morgan fingerprint density at radius 3 is 2.52 bits per heavy atom. The molecule has 0 fully saturated rings. The van der Waals surface area contributed by atoms with Crippen molar-refractivity contribution in [2.24, 2.45) is 0 Å². The van der Waals surface area contributed by atoms with E-state index in [0.717, 1.165) is 10.2 Å². The van der Waals surface area contributed by atoms with Gasteiger partial charge in [0.15, 0.2) is 10.9 Å². The van der Waals surface area contributed by atoms with Gasteiger partial charge in [-0.15, -0.1) is 0 Å². The van der Waals surface area contributed by atoms with Crippen molar-refractivity contribution in [2.75, 3.05) is 12.4 Å². The first kappa shape index (κ1) is 16.3. The number of amides is 1. The van der Waals surface area contributed by atoms with Crippen LogP contribution in [0.25, 0.3) is 10.2 Å². The van der Waals surface area contributed by atoms with Gasteiger partial charge in [-0.2, -0.15) is 0 Å². The fourth-order valence-corrected chi connectivity index (χ4v) is 3.79. The highest BCUT2D eigenvalue weighted by Crippen LogP contribution is 2.34. The summed E-state index contributed by atoms with van der Waals surface area (Å²) in [7, 11) is 1.46. The second-order valence-electron chi connectivity index (χ2n) is 4.56. The van der Waals surface area contributed by atoms with Gasteiger partial charge in [-0.1, -0.05) is 46.1 Å². The highest BCUT2D eigenvalue weighted by atomic mass is 35.5. The van der Waals surface area contributed by atoms with Crippen LogP contribution in [0.3, 0.4) is 0 Å². The van der Waals surface area contributed by atoms with Crippen molar-refractivity contribution in [3.63, 3.8) is 0 Å². The highest BCUT2D eigenvalue weighted by Gasteiger charge is 2.15. The normalized spacial score (nSPS) is 10.8. The van der Waals surface area contributed by atoms with Gasteiger partial charge < -0.3 is 4.74 Å². The van der Waals surface area contributed by atoms with Gasteiger partial charge in [0.1, 0.15) is 0 Å². The third-order valence-corrected chi connectivity index (χ3v) is 4.77. The summed E-state index contributed by atoms with van der Waals surface area (Å²) in [4.78, 5) is 16.7. The van der Waals surface area contributed by atoms with Crippen molar-refractivity contribution < 1.29 is 9.53 Å². The Bertz CT molecular complexity index is 888. The van der Waals surface area contributed by atoms with Crippen LogP contribution in [0.2, 0.25) is 15.1 Å². The molecular weight excluding hydrogens is 379 g/mol. The lowest BCUT2D eigenvalue weighted by Gasteiger charge is -2.08. The van der Waals surface area contributed by atoms with Crippen LogP contribution in [0.1, 0.15) is 10.4 Å². The number of hydrogen-bond donors (Lipinski definition) is 1. The van der Waals surface area contributed by atoms with Gasteiger partial charge in [0, 0.05) is 10.6 Å². The van der Waals surface area contributed by atoms with Crippen LogP contribution in [-0.4, -0.2) is 18.0 Å². The lowest BCUT2D eigenvalue weighted by molar-refractivity contribution is 0.102. The number of hydrogen-bond acceptors (Lipinski definition) is 4. The predicted octanol–water partition coefficient (Wildman–Crippen LogP) is 5.52. The van der Waals surface area contributed by atoms with Crippen molar-refractivity contribution in [2.45, 2.75) is 0 Å². The summed E-state index contributed by atoms with van der Waals surface area (Å²) >= 11 is 19.4. The summed E-state index contributed by atoms with van der Waals surface area (Å²) in [6, 6.07) is 8.33. The van der Waals surface area contributed by atoms with Gasteiger partial charge in [-0.05, 0) is 30.3 Å². The van der Waals surface area contributed by atoms with Gasteiger partial charge in [0.05, 0.1) is 27.4 Å². The molecule has 0 spiro atoms. The maximum atomic E-state index is 12.3. The molecule has 8 heteroatoms. The Morgan fingerprint density at radius 2 is 1.87 bits per heavy atom. The molecule has 118 valence electrons. The Hall–Kier alpha value is -1.53. The van der Waals surface area contributed by atoms with Crippen LogP contribution in [0, 0.1) is 0 Å². The number of rotatable bonds is 3. The summed E-state index contributed by atoms with van der Waals surface area (Å²) in [5.41, 5.74) is 1.08. The number of anilines is 1. The zero-order valence-corrected chi connectivity index (χ0v) is 14.8. The summed E-state index contributed by atoms with van der Waals surface area (Å²) in [6.45, 7) is 0. The number of aromatic nitrogens is 1. The van der Waals surface area contributed by atoms with E-state index in [0.29, 0.717) is 21.5 Å². The number of fused-ring (bicyclic) bond motifs is 1. The molecule has 1 N–H and O–H groups in total. The zero-order chi connectivity index (χ0) is 16.6. The van der Waals surface area contributed by atoms with Crippen molar-refractivity contribution in [1.29, 1.82) is 0 Å². The smallest absolute Gasteiger partial charge is 0.257 e. The van der Waals surface area contributed by atoms with E-state index in [9.17, 15) is 4.79 Å². The standard InChI is InChI=1S/C15H9Cl3N2O2S/c1-22-13-9(17)4-7(5-10(13)18)14(21)20-15-19-11-3-2-8(16)6-12(11)23-15/h2-6H,1H3,(H,19,20,21). The van der Waals surface area contributed by atoms with Crippen LogP contribution in [-0.2, 0) is 0 Å². The number of halogens is 3. The van der Waals surface area contributed by atoms with Crippen molar-refractivity contribution in [3.8, 4) is 5.75 Å². The number of thiazole rings is 1. The number of nitrogens with one attached hydrogen (secondary N) is 1. The monoisotopic (exact) mass is 386 g/mol. The highest BCUT2D eigenvalue weighted by molar-refractivity contribution is 7.22. The molecule has 1 amide bonds. The van der Waals surface area contributed by atoms with E-state index < -0.39 is 0 Å². The largest absolute Gasteiger partial charge is 0.494 e. The average Bonchev–Trinajstić information content (AvgIpc) is 2.88. The molecule has 0 radical (unpaired) electrons. The number of methoxy groups -OCH3 is 1. The van der Waals surface area contributed by atoms with Crippen LogP contribution in [0.4, 0.5) is 5.13 Å². The fourth-order valence-electron chi connectivity index (χ4n) is 2.01. The molecule has 0 aliphatic heterocycles. The minimum Gasteiger partial charge on any atom is -0.494 e. The molecule has 3 rings (SSSR count). The van der Waals surface area contributed by atoms with Gasteiger partial charge in [0.25, 0.3) is 5.91 Å². The molecular formula is C15H9Cl3N2O2S. The van der Waals surface area contributed by atoms with E-state index in [4.69, 9.17) is 39.5 Å². The maximum absolute atomic E-state index is 12.3. The molecule has 23 heavy (non-hydrogen) atoms. The number of ether oxygens (including phenoxy) is 1. The van der Waals surface area contributed by atoms with Crippen LogP contribution < -0.4 is 10.1 Å². The first-order valence-corrected chi connectivity index (χ1v) is 8.33. The molecule has 0 bridgehead atoms. The lowest BCUT2D eigenvalue weighted by Crippen LogP contribution is -2.11. The van der Waals surface area contributed by atoms with Gasteiger partial charge in [-0.25, -0.2) is 4.98 Å². The lowest BCUT2D eigenvalue weighted by atomic mass is 10.2. The molecule has 0 aliphatic carbocycles. The van der Waals surface area contributed by atoms with Crippen molar-refractivity contribution in [1.82, 2.24) is 4.98 Å². The summed E-state index contributed by atoms with van der Waals surface area (Å²) < 4.78 is 5.95. The second-order valence-corrected chi connectivity index (χ2v) is 6.84. The molecule has 4 nitrogen and oxygen atoms in total.